The van der Waals surface area contributed by atoms with E-state index in [9.17, 15) is 0 Å². The summed E-state index contributed by atoms with van der Waals surface area (Å²) in [6.07, 6.45) is 6.92. The zero-order valence-electron chi connectivity index (χ0n) is 9.58. The molecule has 0 saturated carbocycles. The number of nitrogens with one attached hydrogen (secondary N) is 1. The van der Waals surface area contributed by atoms with Gasteiger partial charge in [0.2, 0.25) is 0 Å². The minimum Gasteiger partial charge on any atom is -0.281 e. The Bertz CT molecular complexity index is 268. The van der Waals surface area contributed by atoms with Crippen molar-refractivity contribution in [3.8, 4) is 0 Å². The van der Waals surface area contributed by atoms with Gasteiger partial charge >= 0.3 is 0 Å². The molecule has 0 bridgehead atoms. The van der Waals surface area contributed by atoms with E-state index in [0.717, 1.165) is 18.7 Å². The number of hydrogen-bond donors (Lipinski definition) is 1. The first-order valence-corrected chi connectivity index (χ1v) is 6.81. The van der Waals surface area contributed by atoms with E-state index in [1.165, 1.54) is 5.56 Å². The predicted octanol–water partition coefficient (Wildman–Crippen LogP) is 2.62. The Morgan fingerprint density at radius 1 is 1.50 bits per heavy atom. The van der Waals surface area contributed by atoms with Crippen LogP contribution in [0.2, 0.25) is 0 Å². The van der Waals surface area contributed by atoms with E-state index in [4.69, 9.17) is 4.78 Å². The van der Waals surface area contributed by atoms with Gasteiger partial charge < -0.3 is 0 Å². The van der Waals surface area contributed by atoms with Gasteiger partial charge in [0, 0.05) is 18.5 Å². The Kier molecular flexibility index (Phi) is 7.38. The van der Waals surface area contributed by atoms with Gasteiger partial charge in [-0.3, -0.25) is 9.46 Å². The lowest BCUT2D eigenvalue weighted by Gasteiger charge is -2.00. The lowest BCUT2D eigenvalue weighted by atomic mass is 10.4. The van der Waals surface area contributed by atoms with Crippen molar-refractivity contribution >= 4 is 10.7 Å². The van der Waals surface area contributed by atoms with Crippen molar-refractivity contribution in [2.24, 2.45) is 0 Å². The highest BCUT2D eigenvalue weighted by Gasteiger charge is 1.93. The molecule has 4 heteroatoms. The van der Waals surface area contributed by atoms with Gasteiger partial charge in [-0.2, -0.15) is 5.10 Å². The van der Waals surface area contributed by atoms with Crippen LogP contribution in [0.1, 0.15) is 25.8 Å². The minimum atomic E-state index is -0.174. The van der Waals surface area contributed by atoms with Gasteiger partial charge in [0.1, 0.15) is 0 Å². The molecule has 0 aliphatic rings. The fraction of sp³-hybridized carbons (Fsp3) is 0.700. The van der Waals surface area contributed by atoms with Gasteiger partial charge in [-0.25, -0.2) is 0 Å². The second kappa shape index (κ2) is 7.74. The van der Waals surface area contributed by atoms with Crippen LogP contribution in [0.3, 0.4) is 0 Å². The van der Waals surface area contributed by atoms with E-state index >= 15 is 0 Å². The van der Waals surface area contributed by atoms with Crippen LogP contribution in [0.5, 0.6) is 0 Å². The standard InChI is InChI=1S/C8H15N3S.C2H6/c1-8-6-10-11(7-8)4-3-5-12(2)9;1-2/h6-7,9H,3-5H2,1-2H3;1-2H3. The molecular formula is C10H21N3S. The Balaban J connectivity index is 0.000000791. The van der Waals surface area contributed by atoms with Crippen LogP contribution in [0, 0.1) is 11.7 Å². The van der Waals surface area contributed by atoms with Crippen molar-refractivity contribution in [3.05, 3.63) is 18.0 Å². The molecule has 0 aliphatic carbocycles. The molecule has 0 saturated heterocycles. The first-order chi connectivity index (χ1) is 6.68. The fourth-order valence-corrected chi connectivity index (χ4v) is 1.59. The first-order valence-electron chi connectivity index (χ1n) is 5.01. The van der Waals surface area contributed by atoms with E-state index < -0.39 is 0 Å². The summed E-state index contributed by atoms with van der Waals surface area (Å²) in [5, 5.41) is 4.17. The molecule has 1 heterocycles. The first kappa shape index (κ1) is 13.4. The van der Waals surface area contributed by atoms with Crippen LogP contribution < -0.4 is 0 Å². The summed E-state index contributed by atoms with van der Waals surface area (Å²) in [6.45, 7) is 6.99. The molecule has 1 N–H and O–H groups in total. The molecule has 0 radical (unpaired) electrons. The molecule has 1 aromatic heterocycles. The Hall–Kier alpha value is -0.640. The van der Waals surface area contributed by atoms with Crippen LogP contribution in [0.25, 0.3) is 0 Å². The van der Waals surface area contributed by atoms with E-state index in [1.807, 2.05) is 44.1 Å². The Morgan fingerprint density at radius 2 is 2.14 bits per heavy atom. The van der Waals surface area contributed by atoms with Crippen LogP contribution in [0.15, 0.2) is 12.4 Å². The highest BCUT2D eigenvalue weighted by molar-refractivity contribution is 7.85. The zero-order chi connectivity index (χ0) is 11.0. The van der Waals surface area contributed by atoms with Crippen molar-refractivity contribution in [3.63, 3.8) is 0 Å². The SMILES string of the molecule is CC.Cc1cnn(CCCS(C)=N)c1. The van der Waals surface area contributed by atoms with Crippen molar-refractivity contribution in [1.29, 1.82) is 4.78 Å². The van der Waals surface area contributed by atoms with Gasteiger partial charge in [-0.15, -0.1) is 10.7 Å². The molecule has 3 nitrogen and oxygen atoms in total. The van der Waals surface area contributed by atoms with Crippen molar-refractivity contribution in [1.82, 2.24) is 9.78 Å². The highest BCUT2D eigenvalue weighted by atomic mass is 32.2. The molecule has 1 unspecified atom stereocenters. The zero-order valence-corrected chi connectivity index (χ0v) is 10.4. The summed E-state index contributed by atoms with van der Waals surface area (Å²) in [4.78, 5) is 0. The Labute approximate surface area is 89.4 Å². The number of aromatic nitrogens is 2. The van der Waals surface area contributed by atoms with E-state index in [-0.39, 0.29) is 10.7 Å². The topological polar surface area (TPSA) is 41.7 Å². The summed E-state index contributed by atoms with van der Waals surface area (Å²) in [5.41, 5.74) is 1.20. The summed E-state index contributed by atoms with van der Waals surface area (Å²) >= 11 is 0. The summed E-state index contributed by atoms with van der Waals surface area (Å²) in [7, 11) is -0.174. The molecule has 0 fully saturated rings. The summed E-state index contributed by atoms with van der Waals surface area (Å²) < 4.78 is 9.29. The van der Waals surface area contributed by atoms with Crippen LogP contribution >= 0.6 is 0 Å². The molecule has 1 rings (SSSR count). The Morgan fingerprint density at radius 3 is 2.57 bits per heavy atom. The van der Waals surface area contributed by atoms with E-state index in [0.29, 0.717) is 0 Å². The number of nitrogens with zero attached hydrogens (tertiary/aromatic N) is 2. The molecule has 1 atom stereocenters. The molecule has 0 aliphatic heterocycles. The minimum absolute atomic E-state index is 0.174. The van der Waals surface area contributed by atoms with Crippen molar-refractivity contribution in [2.75, 3.05) is 12.0 Å². The maximum Gasteiger partial charge on any atom is 0.0518 e. The fourth-order valence-electron chi connectivity index (χ4n) is 1.03. The van der Waals surface area contributed by atoms with Crippen LogP contribution in [-0.4, -0.2) is 21.8 Å². The molecule has 1 aromatic rings. The highest BCUT2D eigenvalue weighted by Crippen LogP contribution is 1.96. The van der Waals surface area contributed by atoms with Gasteiger partial charge in [0.25, 0.3) is 0 Å². The van der Waals surface area contributed by atoms with Gasteiger partial charge in [-0.1, -0.05) is 13.8 Å². The second-order valence-electron chi connectivity index (χ2n) is 2.98. The summed E-state index contributed by atoms with van der Waals surface area (Å²) in [5.74, 6) is 0.985. The third-order valence-corrected chi connectivity index (χ3v) is 2.50. The van der Waals surface area contributed by atoms with Crippen LogP contribution in [-0.2, 0) is 17.2 Å². The van der Waals surface area contributed by atoms with Crippen molar-refractivity contribution in [2.45, 2.75) is 33.7 Å². The maximum absolute atomic E-state index is 7.35. The van der Waals surface area contributed by atoms with Crippen molar-refractivity contribution < 1.29 is 0 Å². The predicted molar refractivity (Wildman–Crippen MR) is 63.8 cm³/mol. The molecule has 0 amide bonds. The second-order valence-corrected chi connectivity index (χ2v) is 4.66. The normalized spacial score (nSPS) is 11.7. The lowest BCUT2D eigenvalue weighted by molar-refractivity contribution is 0.605. The largest absolute Gasteiger partial charge is 0.281 e. The molecular weight excluding hydrogens is 194 g/mol. The quantitative estimate of drug-likeness (QED) is 0.824. The monoisotopic (exact) mass is 215 g/mol. The lowest BCUT2D eigenvalue weighted by Crippen LogP contribution is -2.02. The maximum atomic E-state index is 7.35. The number of aryl methyl sites for hydroxylation is 2. The average molecular weight is 215 g/mol. The average Bonchev–Trinajstić information content (AvgIpc) is 2.54. The van der Waals surface area contributed by atoms with E-state index in [2.05, 4.69) is 5.10 Å². The molecule has 82 valence electrons. The third kappa shape index (κ3) is 5.91. The van der Waals surface area contributed by atoms with Crippen LogP contribution in [0.4, 0.5) is 0 Å². The molecule has 0 spiro atoms. The smallest absolute Gasteiger partial charge is 0.0518 e. The number of hydrogen-bond acceptors (Lipinski definition) is 2. The van der Waals surface area contributed by atoms with Gasteiger partial charge in [0.05, 0.1) is 6.20 Å². The summed E-state index contributed by atoms with van der Waals surface area (Å²) in [6, 6.07) is 0. The van der Waals surface area contributed by atoms with Gasteiger partial charge in [0.15, 0.2) is 0 Å². The third-order valence-electron chi connectivity index (χ3n) is 1.60. The molecule has 0 aromatic carbocycles. The van der Waals surface area contributed by atoms with Gasteiger partial charge in [-0.05, 0) is 25.2 Å². The number of rotatable bonds is 4. The molecule has 14 heavy (non-hydrogen) atoms. The van der Waals surface area contributed by atoms with E-state index in [1.54, 1.807) is 0 Å².